The van der Waals surface area contributed by atoms with Crippen LogP contribution >= 0.6 is 11.3 Å². The van der Waals surface area contributed by atoms with Gasteiger partial charge in [0.05, 0.1) is 11.0 Å². The van der Waals surface area contributed by atoms with Crippen molar-refractivity contribution in [1.29, 1.82) is 0 Å². The third-order valence-electron chi connectivity index (χ3n) is 10.7. The molecule has 8 aromatic carbocycles. The molecule has 12 rings (SSSR count). The van der Waals surface area contributed by atoms with Gasteiger partial charge >= 0.3 is 0 Å². The Labute approximate surface area is 301 Å². The lowest BCUT2D eigenvalue weighted by Gasteiger charge is -2.13. The minimum Gasteiger partial charge on any atom is -0.309 e. The van der Waals surface area contributed by atoms with Gasteiger partial charge in [-0.1, -0.05) is 121 Å². The van der Waals surface area contributed by atoms with Crippen molar-refractivity contribution in [2.24, 2.45) is 0 Å². The van der Waals surface area contributed by atoms with Crippen LogP contribution < -0.4 is 0 Å². The second kappa shape index (κ2) is 10.4. The first-order valence-corrected chi connectivity index (χ1v) is 18.4. The van der Waals surface area contributed by atoms with Crippen LogP contribution in [-0.2, 0) is 0 Å². The number of hydrogen-bond donors (Lipinski definition) is 0. The van der Waals surface area contributed by atoms with E-state index in [0.29, 0.717) is 17.5 Å². The Balaban J connectivity index is 1.10. The molecule has 3 heterocycles. The first kappa shape index (κ1) is 28.1. The van der Waals surface area contributed by atoms with Crippen molar-refractivity contribution < 1.29 is 0 Å². The second-order valence-corrected chi connectivity index (χ2v) is 14.6. The highest BCUT2D eigenvalue weighted by Gasteiger charge is 2.25. The van der Waals surface area contributed by atoms with Gasteiger partial charge in [-0.3, -0.25) is 0 Å². The summed E-state index contributed by atoms with van der Waals surface area (Å²) in [6.45, 7) is 0. The highest BCUT2D eigenvalue weighted by atomic mass is 32.1. The number of rotatable bonds is 4. The van der Waals surface area contributed by atoms with Gasteiger partial charge in [0.1, 0.15) is 0 Å². The summed E-state index contributed by atoms with van der Waals surface area (Å²) in [6, 6.07) is 56.4. The lowest BCUT2D eigenvalue weighted by molar-refractivity contribution is 1.08. The van der Waals surface area contributed by atoms with E-state index in [1.165, 1.54) is 63.9 Å². The first-order valence-electron chi connectivity index (χ1n) is 17.5. The molecule has 0 N–H and O–H groups in total. The summed E-state index contributed by atoms with van der Waals surface area (Å²) in [4.78, 5) is 15.0. The zero-order valence-electron chi connectivity index (χ0n) is 27.7. The van der Waals surface area contributed by atoms with Crippen LogP contribution in [0.4, 0.5) is 0 Å². The summed E-state index contributed by atoms with van der Waals surface area (Å²) in [5.74, 6) is 1.98. The standard InChI is InChI=1S/C47H26N4S/c1-3-10-28(11-4-1)45-48-46(29-12-5-2-6-13-29)50-47(49-45)35-17-7-14-30-26-31(22-23-32(30)35)51-36-18-8-15-33-34-16-9-19-38-42(34)44-39(52-38)25-21-27-20-24-37(51)43(40(27)44)41(33)36/h1-26H. The molecule has 5 heteroatoms. The second-order valence-electron chi connectivity index (χ2n) is 13.6. The van der Waals surface area contributed by atoms with Crippen LogP contribution in [0.5, 0.6) is 0 Å². The number of benzene rings is 8. The van der Waals surface area contributed by atoms with Crippen LogP contribution in [0, 0.1) is 0 Å². The lowest BCUT2D eigenvalue weighted by atomic mass is 9.98. The number of hydrogen-bond acceptors (Lipinski definition) is 4. The average molecular weight is 679 g/mol. The van der Waals surface area contributed by atoms with E-state index in [4.69, 9.17) is 15.0 Å². The molecular weight excluding hydrogens is 653 g/mol. The van der Waals surface area contributed by atoms with Crippen LogP contribution in [0.3, 0.4) is 0 Å². The van der Waals surface area contributed by atoms with E-state index in [1.54, 1.807) is 0 Å². The molecule has 0 aliphatic heterocycles. The lowest BCUT2D eigenvalue weighted by Crippen LogP contribution is -2.00. The minimum absolute atomic E-state index is 0.658. The van der Waals surface area contributed by atoms with Gasteiger partial charge < -0.3 is 4.57 Å². The zero-order chi connectivity index (χ0) is 33.9. The van der Waals surface area contributed by atoms with E-state index >= 15 is 0 Å². The summed E-state index contributed by atoms with van der Waals surface area (Å²) >= 11 is 1.90. The summed E-state index contributed by atoms with van der Waals surface area (Å²) in [6.07, 6.45) is 0. The highest BCUT2D eigenvalue weighted by molar-refractivity contribution is 7.26. The number of nitrogens with zero attached hydrogens (tertiary/aromatic N) is 4. The van der Waals surface area contributed by atoms with Gasteiger partial charge in [-0.05, 0) is 63.7 Å². The van der Waals surface area contributed by atoms with Gasteiger partial charge in [0.25, 0.3) is 0 Å². The topological polar surface area (TPSA) is 43.6 Å². The Morgan fingerprint density at radius 1 is 0.385 bits per heavy atom. The summed E-state index contributed by atoms with van der Waals surface area (Å²) in [7, 11) is 0. The maximum atomic E-state index is 5.06. The predicted octanol–water partition coefficient (Wildman–Crippen LogP) is 12.6. The largest absolute Gasteiger partial charge is 0.309 e. The van der Waals surface area contributed by atoms with Crippen LogP contribution in [0.25, 0.3) is 115 Å². The van der Waals surface area contributed by atoms with Crippen LogP contribution in [0.15, 0.2) is 158 Å². The van der Waals surface area contributed by atoms with E-state index in [2.05, 4.69) is 102 Å². The monoisotopic (exact) mass is 678 g/mol. The first-order chi connectivity index (χ1) is 25.8. The molecule has 1 aliphatic carbocycles. The quantitative estimate of drug-likeness (QED) is 0.186. The Kier molecular flexibility index (Phi) is 5.62. The summed E-state index contributed by atoms with van der Waals surface area (Å²) in [5.41, 5.74) is 9.09. The van der Waals surface area contributed by atoms with Crippen molar-refractivity contribution in [2.45, 2.75) is 0 Å². The van der Waals surface area contributed by atoms with Crippen molar-refractivity contribution in [3.8, 4) is 51.0 Å². The third kappa shape index (κ3) is 3.83. The Hall–Kier alpha value is -6.69. The van der Waals surface area contributed by atoms with Gasteiger partial charge in [-0.25, -0.2) is 15.0 Å². The van der Waals surface area contributed by atoms with E-state index in [-0.39, 0.29) is 0 Å². The molecule has 0 atom stereocenters. The maximum absolute atomic E-state index is 5.06. The highest BCUT2D eigenvalue weighted by Crippen LogP contribution is 2.52. The van der Waals surface area contributed by atoms with E-state index in [0.717, 1.165) is 33.2 Å². The molecule has 240 valence electrons. The van der Waals surface area contributed by atoms with Crippen LogP contribution in [0.1, 0.15) is 0 Å². The van der Waals surface area contributed by atoms with Crippen molar-refractivity contribution >= 4 is 74.9 Å². The fourth-order valence-electron chi connectivity index (χ4n) is 8.53. The normalized spacial score (nSPS) is 12.2. The van der Waals surface area contributed by atoms with Crippen LogP contribution in [0.2, 0.25) is 0 Å². The van der Waals surface area contributed by atoms with Gasteiger partial charge in [0, 0.05) is 58.7 Å². The molecular formula is C47H26N4S. The molecule has 0 radical (unpaired) electrons. The van der Waals surface area contributed by atoms with Gasteiger partial charge in [-0.15, -0.1) is 11.3 Å². The van der Waals surface area contributed by atoms with Gasteiger partial charge in [0.2, 0.25) is 0 Å². The number of fused-ring (bicyclic) bond motifs is 2. The molecule has 0 saturated carbocycles. The van der Waals surface area contributed by atoms with Gasteiger partial charge in [-0.2, -0.15) is 0 Å². The zero-order valence-corrected chi connectivity index (χ0v) is 28.5. The van der Waals surface area contributed by atoms with Crippen LogP contribution in [-0.4, -0.2) is 19.5 Å². The molecule has 0 unspecified atom stereocenters. The average Bonchev–Trinajstić information content (AvgIpc) is 3.73. The third-order valence-corrected chi connectivity index (χ3v) is 11.9. The van der Waals surface area contributed by atoms with Crippen molar-refractivity contribution in [3.05, 3.63) is 158 Å². The Morgan fingerprint density at radius 2 is 1.02 bits per heavy atom. The van der Waals surface area contributed by atoms with E-state index in [1.807, 2.05) is 72.0 Å². The fraction of sp³-hybridized carbons (Fsp3) is 0. The van der Waals surface area contributed by atoms with E-state index in [9.17, 15) is 0 Å². The van der Waals surface area contributed by atoms with Crippen molar-refractivity contribution in [3.63, 3.8) is 0 Å². The molecule has 11 aromatic rings. The maximum Gasteiger partial charge on any atom is 0.164 e. The molecule has 52 heavy (non-hydrogen) atoms. The number of aromatic nitrogens is 4. The van der Waals surface area contributed by atoms with Crippen molar-refractivity contribution in [2.75, 3.05) is 0 Å². The summed E-state index contributed by atoms with van der Waals surface area (Å²) in [5, 5.41) is 10.3. The molecule has 0 amide bonds. The summed E-state index contributed by atoms with van der Waals surface area (Å²) < 4.78 is 5.15. The Morgan fingerprint density at radius 3 is 1.81 bits per heavy atom. The Bertz CT molecular complexity index is 3230. The molecule has 0 saturated heterocycles. The number of thiophene rings is 1. The molecule has 1 aliphatic rings. The SMILES string of the molecule is c1ccc(-c2nc(-c3ccccc3)nc(-c3cccc4cc(-n5c6cccc7c6c6c8c(ccc9sc%10cccc-7c%10c98)ccc65)ccc34)n2)cc1. The fourth-order valence-corrected chi connectivity index (χ4v) is 9.67. The van der Waals surface area contributed by atoms with Gasteiger partial charge in [0.15, 0.2) is 17.5 Å². The van der Waals surface area contributed by atoms with Crippen molar-refractivity contribution in [1.82, 2.24) is 19.5 Å². The minimum atomic E-state index is 0.658. The smallest absolute Gasteiger partial charge is 0.164 e. The molecule has 4 nitrogen and oxygen atoms in total. The predicted molar refractivity (Wildman–Crippen MR) is 217 cm³/mol. The molecule has 0 spiro atoms. The molecule has 3 aromatic heterocycles. The van der Waals surface area contributed by atoms with E-state index < -0.39 is 0 Å². The molecule has 0 fully saturated rings. The molecule has 0 bridgehead atoms.